The molecule has 3 rings (SSSR count). The maximum absolute atomic E-state index is 12.1. The van der Waals surface area contributed by atoms with Crippen LogP contribution in [0.2, 0.25) is 0 Å². The molecule has 19 heavy (non-hydrogen) atoms. The van der Waals surface area contributed by atoms with Crippen LogP contribution in [-0.4, -0.2) is 30.2 Å². The number of para-hydroxylation sites is 1. The summed E-state index contributed by atoms with van der Waals surface area (Å²) in [7, 11) is 0. The molecule has 0 spiro atoms. The second-order valence-corrected chi connectivity index (χ2v) is 4.48. The number of fused-ring (bicyclic) bond motifs is 1. The van der Waals surface area contributed by atoms with E-state index in [9.17, 15) is 9.59 Å². The lowest BCUT2D eigenvalue weighted by molar-refractivity contribution is -0.182. The molecule has 0 unspecified atom stereocenters. The smallest absolute Gasteiger partial charge is 0.324 e. The van der Waals surface area contributed by atoms with Gasteiger partial charge in [0.25, 0.3) is 0 Å². The van der Waals surface area contributed by atoms with E-state index in [2.05, 4.69) is 5.32 Å². The largest absolute Gasteiger partial charge is 0.480 e. The third-order valence-corrected chi connectivity index (χ3v) is 3.27. The Balaban J connectivity index is 1.89. The average Bonchev–Trinajstić information content (AvgIpc) is 2.71. The summed E-state index contributed by atoms with van der Waals surface area (Å²) in [5, 5.41) is 12.5. The predicted octanol–water partition coefficient (Wildman–Crippen LogP) is 1.47. The molecule has 1 aromatic heterocycles. The molecule has 0 saturated carbocycles. The highest BCUT2D eigenvalue weighted by Crippen LogP contribution is 2.32. The minimum absolute atomic E-state index is 0.107. The van der Waals surface area contributed by atoms with Crippen LogP contribution in [0.4, 0.5) is 5.69 Å². The predicted molar refractivity (Wildman–Crippen MR) is 65.7 cm³/mol. The van der Waals surface area contributed by atoms with Gasteiger partial charge in [0.05, 0.1) is 18.9 Å². The number of amides is 1. The first kappa shape index (κ1) is 11.7. The van der Waals surface area contributed by atoms with E-state index in [1.807, 2.05) is 12.1 Å². The van der Waals surface area contributed by atoms with Crippen LogP contribution in [0.1, 0.15) is 0 Å². The van der Waals surface area contributed by atoms with E-state index in [1.54, 1.807) is 12.1 Å². The van der Waals surface area contributed by atoms with E-state index in [-0.39, 0.29) is 13.2 Å². The zero-order valence-electron chi connectivity index (χ0n) is 9.88. The molecule has 98 valence electrons. The molecule has 1 fully saturated rings. The van der Waals surface area contributed by atoms with Crippen molar-refractivity contribution in [3.05, 3.63) is 30.5 Å². The number of ether oxygens (including phenoxy) is 1. The number of furan rings is 1. The van der Waals surface area contributed by atoms with Crippen LogP contribution in [-0.2, 0) is 14.3 Å². The van der Waals surface area contributed by atoms with Crippen LogP contribution in [0.25, 0.3) is 11.0 Å². The fraction of sp³-hybridized carbons (Fsp3) is 0.231. The molecule has 0 radical (unpaired) electrons. The highest BCUT2D eigenvalue weighted by Gasteiger charge is 2.53. The van der Waals surface area contributed by atoms with Crippen molar-refractivity contribution in [1.82, 2.24) is 0 Å². The van der Waals surface area contributed by atoms with Crippen molar-refractivity contribution < 1.29 is 23.8 Å². The number of nitrogens with one attached hydrogen (secondary N) is 1. The Morgan fingerprint density at radius 3 is 2.63 bits per heavy atom. The zero-order valence-corrected chi connectivity index (χ0v) is 9.88. The van der Waals surface area contributed by atoms with Crippen molar-refractivity contribution in [2.24, 2.45) is 5.41 Å². The Hall–Kier alpha value is -2.34. The molecule has 1 amide bonds. The number of rotatable bonds is 3. The van der Waals surface area contributed by atoms with Gasteiger partial charge in [0.1, 0.15) is 11.8 Å². The number of carboxylic acid groups (broad SMARTS) is 1. The maximum Gasteiger partial charge on any atom is 0.324 e. The van der Waals surface area contributed by atoms with Crippen molar-refractivity contribution in [3.8, 4) is 0 Å². The SMILES string of the molecule is O=C(O)C1(C(=O)Nc2coc3ccccc23)COC1. The molecule has 2 heterocycles. The lowest BCUT2D eigenvalue weighted by atomic mass is 9.85. The monoisotopic (exact) mass is 261 g/mol. The molecule has 2 N–H and O–H groups in total. The molecule has 1 aliphatic heterocycles. The lowest BCUT2D eigenvalue weighted by Crippen LogP contribution is -2.57. The van der Waals surface area contributed by atoms with Gasteiger partial charge in [-0.1, -0.05) is 12.1 Å². The van der Waals surface area contributed by atoms with E-state index in [1.165, 1.54) is 6.26 Å². The molecular weight excluding hydrogens is 250 g/mol. The van der Waals surface area contributed by atoms with Gasteiger partial charge in [0, 0.05) is 5.39 Å². The minimum atomic E-state index is -1.49. The van der Waals surface area contributed by atoms with Gasteiger partial charge in [-0.25, -0.2) is 0 Å². The molecule has 6 heteroatoms. The molecule has 1 aliphatic rings. The van der Waals surface area contributed by atoms with Crippen LogP contribution in [0, 0.1) is 5.41 Å². The van der Waals surface area contributed by atoms with Crippen LogP contribution >= 0.6 is 0 Å². The minimum Gasteiger partial charge on any atom is -0.480 e. The first-order chi connectivity index (χ1) is 9.13. The van der Waals surface area contributed by atoms with E-state index >= 15 is 0 Å². The summed E-state index contributed by atoms with van der Waals surface area (Å²) in [6, 6.07) is 7.19. The topological polar surface area (TPSA) is 88.8 Å². The molecule has 1 aromatic carbocycles. The summed E-state index contributed by atoms with van der Waals surface area (Å²) in [5.74, 6) is -1.76. The van der Waals surface area contributed by atoms with Crippen LogP contribution in [0.15, 0.2) is 34.9 Å². The van der Waals surface area contributed by atoms with Crippen LogP contribution < -0.4 is 5.32 Å². The van der Waals surface area contributed by atoms with Gasteiger partial charge in [0.2, 0.25) is 5.91 Å². The highest BCUT2D eigenvalue weighted by atomic mass is 16.5. The van der Waals surface area contributed by atoms with E-state index in [0.717, 1.165) is 5.39 Å². The number of anilines is 1. The summed E-state index contributed by atoms with van der Waals surface area (Å²) in [5.41, 5.74) is -0.390. The summed E-state index contributed by atoms with van der Waals surface area (Å²) < 4.78 is 10.1. The van der Waals surface area contributed by atoms with Gasteiger partial charge in [-0.05, 0) is 12.1 Å². The fourth-order valence-corrected chi connectivity index (χ4v) is 1.97. The first-order valence-electron chi connectivity index (χ1n) is 5.72. The average molecular weight is 261 g/mol. The number of benzene rings is 1. The molecular formula is C13H11NO5. The molecule has 1 saturated heterocycles. The Kier molecular flexibility index (Phi) is 2.53. The van der Waals surface area contributed by atoms with Crippen LogP contribution in [0.5, 0.6) is 0 Å². The number of carbonyl (C=O) groups is 2. The Bertz CT molecular complexity index is 656. The standard InChI is InChI=1S/C13H11NO5/c15-11(13(12(16)17)6-18-7-13)14-9-5-19-10-4-2-1-3-8(9)10/h1-5H,6-7H2,(H,14,15)(H,16,17). The fourth-order valence-electron chi connectivity index (χ4n) is 1.97. The Morgan fingerprint density at radius 1 is 1.26 bits per heavy atom. The molecule has 0 aliphatic carbocycles. The van der Waals surface area contributed by atoms with Crippen molar-refractivity contribution >= 4 is 28.5 Å². The number of aliphatic carboxylic acids is 1. The van der Waals surface area contributed by atoms with Crippen LogP contribution in [0.3, 0.4) is 0 Å². The third-order valence-electron chi connectivity index (χ3n) is 3.27. The summed E-state index contributed by atoms with van der Waals surface area (Å²) in [6.07, 6.45) is 1.40. The second-order valence-electron chi connectivity index (χ2n) is 4.48. The van der Waals surface area contributed by atoms with Gasteiger partial charge in [0.15, 0.2) is 5.41 Å². The number of carbonyl (C=O) groups excluding carboxylic acids is 1. The molecule has 0 atom stereocenters. The Morgan fingerprint density at radius 2 is 2.00 bits per heavy atom. The quantitative estimate of drug-likeness (QED) is 0.817. The summed E-state index contributed by atoms with van der Waals surface area (Å²) >= 11 is 0. The normalized spacial score (nSPS) is 16.8. The van der Waals surface area contributed by atoms with Crippen molar-refractivity contribution in [2.75, 3.05) is 18.5 Å². The van der Waals surface area contributed by atoms with Gasteiger partial charge in [-0.3, -0.25) is 9.59 Å². The van der Waals surface area contributed by atoms with Gasteiger partial charge < -0.3 is 19.6 Å². The zero-order chi connectivity index (χ0) is 13.5. The van der Waals surface area contributed by atoms with Gasteiger partial charge >= 0.3 is 5.97 Å². The van der Waals surface area contributed by atoms with E-state index < -0.39 is 17.3 Å². The van der Waals surface area contributed by atoms with Gasteiger partial charge in [-0.2, -0.15) is 0 Å². The van der Waals surface area contributed by atoms with Crippen molar-refractivity contribution in [1.29, 1.82) is 0 Å². The Labute approximate surface area is 108 Å². The van der Waals surface area contributed by atoms with Gasteiger partial charge in [-0.15, -0.1) is 0 Å². The number of hydrogen-bond acceptors (Lipinski definition) is 4. The third kappa shape index (κ3) is 1.68. The van der Waals surface area contributed by atoms with Crippen molar-refractivity contribution in [2.45, 2.75) is 0 Å². The summed E-state index contributed by atoms with van der Waals surface area (Å²) in [4.78, 5) is 23.3. The molecule has 2 aromatic rings. The van der Waals surface area contributed by atoms with E-state index in [0.29, 0.717) is 11.3 Å². The number of hydrogen-bond donors (Lipinski definition) is 2. The summed E-state index contributed by atoms with van der Waals surface area (Å²) in [6.45, 7) is -0.214. The number of carboxylic acids is 1. The first-order valence-corrected chi connectivity index (χ1v) is 5.72. The van der Waals surface area contributed by atoms with Crippen molar-refractivity contribution in [3.63, 3.8) is 0 Å². The maximum atomic E-state index is 12.1. The lowest BCUT2D eigenvalue weighted by Gasteiger charge is -2.35. The second kappa shape index (κ2) is 4.10. The molecule has 0 bridgehead atoms. The van der Waals surface area contributed by atoms with E-state index in [4.69, 9.17) is 14.3 Å². The highest BCUT2D eigenvalue weighted by molar-refractivity contribution is 6.11. The molecule has 6 nitrogen and oxygen atoms in total.